The van der Waals surface area contributed by atoms with Gasteiger partial charge in [-0.05, 0) is 48.0 Å². The average molecular weight is 372 g/mol. The van der Waals surface area contributed by atoms with Gasteiger partial charge in [-0.25, -0.2) is 0 Å². The molecule has 0 fully saturated rings. The summed E-state index contributed by atoms with van der Waals surface area (Å²) in [5.41, 5.74) is 2.51. The first-order valence-electron chi connectivity index (χ1n) is 7.08. The molecule has 0 aromatic carbocycles. The first kappa shape index (κ1) is 16.7. The van der Waals surface area contributed by atoms with Gasteiger partial charge in [0.1, 0.15) is 0 Å². The Morgan fingerprint density at radius 2 is 2.24 bits per heavy atom. The summed E-state index contributed by atoms with van der Waals surface area (Å²) in [5, 5.41) is 8.04. The van der Waals surface area contributed by atoms with E-state index in [1.165, 1.54) is 15.3 Å². The molecular formula is C15H22BrN3OS. The quantitative estimate of drug-likeness (QED) is 0.806. The molecule has 0 amide bonds. The SMILES string of the molecule is CCNC(c1cc(C)c(C)s1)c1c(Br)cnn1CCOC. The molecule has 1 unspecified atom stereocenters. The van der Waals surface area contributed by atoms with Crippen LogP contribution >= 0.6 is 27.3 Å². The minimum absolute atomic E-state index is 0.154. The van der Waals surface area contributed by atoms with E-state index >= 15 is 0 Å². The maximum absolute atomic E-state index is 5.18. The highest BCUT2D eigenvalue weighted by Gasteiger charge is 2.23. The number of aryl methyl sites for hydroxylation is 2. The van der Waals surface area contributed by atoms with Gasteiger partial charge in [0.15, 0.2) is 0 Å². The lowest BCUT2D eigenvalue weighted by molar-refractivity contribution is 0.182. The van der Waals surface area contributed by atoms with Crippen molar-refractivity contribution in [2.45, 2.75) is 33.4 Å². The zero-order chi connectivity index (χ0) is 15.4. The Kier molecular flexibility index (Phi) is 5.98. The Balaban J connectivity index is 2.40. The minimum Gasteiger partial charge on any atom is -0.383 e. The van der Waals surface area contributed by atoms with Crippen molar-refractivity contribution in [3.8, 4) is 0 Å². The molecular weight excluding hydrogens is 350 g/mol. The summed E-state index contributed by atoms with van der Waals surface area (Å²) in [4.78, 5) is 2.69. The van der Waals surface area contributed by atoms with E-state index in [9.17, 15) is 0 Å². The Labute approximate surface area is 138 Å². The smallest absolute Gasteiger partial charge is 0.0853 e. The molecule has 0 aliphatic heterocycles. The van der Waals surface area contributed by atoms with E-state index < -0.39 is 0 Å². The monoisotopic (exact) mass is 371 g/mol. The number of hydrogen-bond donors (Lipinski definition) is 1. The van der Waals surface area contributed by atoms with Gasteiger partial charge < -0.3 is 10.1 Å². The number of aromatic nitrogens is 2. The van der Waals surface area contributed by atoms with Gasteiger partial charge in [-0.1, -0.05) is 6.92 Å². The summed E-state index contributed by atoms with van der Waals surface area (Å²) in [7, 11) is 1.71. The molecule has 2 aromatic rings. The molecule has 0 radical (unpaired) electrons. The maximum Gasteiger partial charge on any atom is 0.0853 e. The van der Waals surface area contributed by atoms with Crippen molar-refractivity contribution < 1.29 is 4.74 Å². The molecule has 2 aromatic heterocycles. The van der Waals surface area contributed by atoms with Crippen LogP contribution in [0.4, 0.5) is 0 Å². The summed E-state index contributed by atoms with van der Waals surface area (Å²) >= 11 is 5.49. The molecule has 0 saturated carbocycles. The Hall–Kier alpha value is -0.690. The van der Waals surface area contributed by atoms with Crippen LogP contribution in [0.1, 0.15) is 34.0 Å². The fourth-order valence-electron chi connectivity index (χ4n) is 2.30. The molecule has 0 bridgehead atoms. The number of hydrogen-bond acceptors (Lipinski definition) is 4. The van der Waals surface area contributed by atoms with Crippen molar-refractivity contribution in [2.75, 3.05) is 20.3 Å². The zero-order valence-electron chi connectivity index (χ0n) is 12.9. The molecule has 0 aliphatic carbocycles. The van der Waals surface area contributed by atoms with Crippen molar-refractivity contribution in [3.63, 3.8) is 0 Å². The lowest BCUT2D eigenvalue weighted by atomic mass is 10.1. The van der Waals surface area contributed by atoms with Crippen molar-refractivity contribution in [1.29, 1.82) is 0 Å². The third kappa shape index (κ3) is 3.74. The second-order valence-corrected chi connectivity index (χ2v) is 7.11. The number of nitrogens with one attached hydrogen (secondary N) is 1. The highest BCUT2D eigenvalue weighted by molar-refractivity contribution is 9.10. The van der Waals surface area contributed by atoms with E-state index in [4.69, 9.17) is 4.74 Å². The standard InChI is InChI=1S/C15H22BrN3OS/c1-5-17-14(13-8-10(2)11(3)21-13)15-12(16)9-18-19(15)6-7-20-4/h8-9,14,17H,5-7H2,1-4H3. The van der Waals surface area contributed by atoms with Crippen LogP contribution in [-0.2, 0) is 11.3 Å². The van der Waals surface area contributed by atoms with E-state index in [0.29, 0.717) is 6.61 Å². The molecule has 21 heavy (non-hydrogen) atoms. The van der Waals surface area contributed by atoms with E-state index in [1.807, 2.05) is 22.2 Å². The number of ether oxygens (including phenoxy) is 1. The number of rotatable bonds is 7. The van der Waals surface area contributed by atoms with Crippen LogP contribution in [0.2, 0.25) is 0 Å². The Morgan fingerprint density at radius 1 is 1.48 bits per heavy atom. The van der Waals surface area contributed by atoms with Crippen LogP contribution in [0.3, 0.4) is 0 Å². The lowest BCUT2D eigenvalue weighted by Gasteiger charge is -2.19. The van der Waals surface area contributed by atoms with Gasteiger partial charge in [0, 0.05) is 16.9 Å². The van der Waals surface area contributed by atoms with Gasteiger partial charge in [-0.2, -0.15) is 5.10 Å². The van der Waals surface area contributed by atoms with Gasteiger partial charge >= 0.3 is 0 Å². The Morgan fingerprint density at radius 3 is 2.81 bits per heavy atom. The van der Waals surface area contributed by atoms with Crippen molar-refractivity contribution in [1.82, 2.24) is 15.1 Å². The van der Waals surface area contributed by atoms with Crippen LogP contribution in [0.15, 0.2) is 16.7 Å². The van der Waals surface area contributed by atoms with Gasteiger partial charge in [0.05, 0.1) is 35.6 Å². The summed E-state index contributed by atoms with van der Waals surface area (Å²) in [6.45, 7) is 8.77. The fraction of sp³-hybridized carbons (Fsp3) is 0.533. The predicted octanol–water partition coefficient (Wildman–Crippen LogP) is 3.67. The normalized spacial score (nSPS) is 12.8. The second-order valence-electron chi connectivity index (χ2n) is 4.97. The topological polar surface area (TPSA) is 39.1 Å². The first-order valence-corrected chi connectivity index (χ1v) is 8.69. The first-order chi connectivity index (χ1) is 10.1. The van der Waals surface area contributed by atoms with E-state index in [0.717, 1.165) is 23.3 Å². The van der Waals surface area contributed by atoms with Crippen LogP contribution in [0.25, 0.3) is 0 Å². The third-order valence-corrected chi connectivity index (χ3v) is 5.32. The van der Waals surface area contributed by atoms with Gasteiger partial charge in [0.25, 0.3) is 0 Å². The van der Waals surface area contributed by atoms with Gasteiger partial charge in [-0.15, -0.1) is 11.3 Å². The lowest BCUT2D eigenvalue weighted by Crippen LogP contribution is -2.25. The predicted molar refractivity (Wildman–Crippen MR) is 91.1 cm³/mol. The van der Waals surface area contributed by atoms with E-state index in [1.54, 1.807) is 7.11 Å². The molecule has 1 N–H and O–H groups in total. The molecule has 0 spiro atoms. The molecule has 2 rings (SSSR count). The van der Waals surface area contributed by atoms with Crippen LogP contribution < -0.4 is 5.32 Å². The molecule has 116 valence electrons. The number of halogens is 1. The average Bonchev–Trinajstić information content (AvgIpc) is 2.98. The number of thiophene rings is 1. The molecule has 1 atom stereocenters. The summed E-state index contributed by atoms with van der Waals surface area (Å²) in [6, 6.07) is 2.43. The van der Waals surface area contributed by atoms with Crippen molar-refractivity contribution in [3.05, 3.63) is 37.7 Å². The van der Waals surface area contributed by atoms with Crippen LogP contribution in [-0.4, -0.2) is 30.0 Å². The van der Waals surface area contributed by atoms with E-state index in [-0.39, 0.29) is 6.04 Å². The highest BCUT2D eigenvalue weighted by atomic mass is 79.9. The number of nitrogens with zero attached hydrogens (tertiary/aromatic N) is 2. The molecule has 4 nitrogen and oxygen atoms in total. The molecule has 0 aliphatic rings. The minimum atomic E-state index is 0.154. The molecule has 0 saturated heterocycles. The summed E-state index contributed by atoms with van der Waals surface area (Å²) < 4.78 is 8.24. The Bertz CT molecular complexity index is 574. The van der Waals surface area contributed by atoms with Gasteiger partial charge in [-0.3, -0.25) is 4.68 Å². The van der Waals surface area contributed by atoms with Crippen molar-refractivity contribution in [2.24, 2.45) is 0 Å². The third-order valence-electron chi connectivity index (χ3n) is 3.49. The summed E-state index contributed by atoms with van der Waals surface area (Å²) in [5.74, 6) is 0. The highest BCUT2D eigenvalue weighted by Crippen LogP contribution is 2.34. The van der Waals surface area contributed by atoms with Crippen LogP contribution in [0.5, 0.6) is 0 Å². The zero-order valence-corrected chi connectivity index (χ0v) is 15.3. The molecule has 2 heterocycles. The number of methoxy groups -OCH3 is 1. The van der Waals surface area contributed by atoms with Crippen molar-refractivity contribution >= 4 is 27.3 Å². The van der Waals surface area contributed by atoms with Gasteiger partial charge in [0.2, 0.25) is 0 Å². The largest absolute Gasteiger partial charge is 0.383 e. The maximum atomic E-state index is 5.18. The second kappa shape index (κ2) is 7.54. The van der Waals surface area contributed by atoms with E-state index in [2.05, 4.69) is 53.2 Å². The van der Waals surface area contributed by atoms with Crippen LogP contribution in [0, 0.1) is 13.8 Å². The molecule has 6 heteroatoms. The summed E-state index contributed by atoms with van der Waals surface area (Å²) in [6.07, 6.45) is 1.86. The fourth-order valence-corrected chi connectivity index (χ4v) is 3.94.